The largest absolute Gasteiger partial charge is 0.357 e. The molecule has 0 fully saturated rings. The van der Waals surface area contributed by atoms with Crippen LogP contribution in [0.3, 0.4) is 0 Å². The third kappa shape index (κ3) is 6.57. The highest BCUT2D eigenvalue weighted by Gasteiger charge is 2.31. The van der Waals surface area contributed by atoms with Crippen molar-refractivity contribution >= 4 is 50.7 Å². The van der Waals surface area contributed by atoms with Crippen LogP contribution in [0.4, 0.5) is 10.1 Å². The van der Waals surface area contributed by atoms with Crippen LogP contribution in [-0.2, 0) is 26.2 Å². The molecule has 0 heterocycles. The summed E-state index contributed by atoms with van der Waals surface area (Å²) in [5.41, 5.74) is 0.529. The van der Waals surface area contributed by atoms with E-state index in [1.807, 2.05) is 0 Å². The Bertz CT molecular complexity index is 1100. The van der Waals surface area contributed by atoms with E-state index < -0.39 is 40.2 Å². The van der Waals surface area contributed by atoms with Crippen LogP contribution in [0.1, 0.15) is 18.9 Å². The molecule has 0 spiro atoms. The number of nitrogens with one attached hydrogen (secondary N) is 1. The monoisotopic (exact) mass is 503 g/mol. The number of amides is 2. The minimum Gasteiger partial charge on any atom is -0.357 e. The van der Waals surface area contributed by atoms with E-state index in [0.717, 1.165) is 16.6 Å². The molecule has 0 aliphatic rings. The first-order valence-electron chi connectivity index (χ1n) is 9.66. The number of hydrogen-bond acceptors (Lipinski definition) is 4. The highest BCUT2D eigenvalue weighted by molar-refractivity contribution is 7.92. The summed E-state index contributed by atoms with van der Waals surface area (Å²) in [6.07, 6.45) is 1.19. The van der Waals surface area contributed by atoms with Crippen molar-refractivity contribution in [3.05, 3.63) is 63.9 Å². The second kappa shape index (κ2) is 11.0. The number of likely N-dealkylation sites (N-methyl/N-ethyl adjacent to an activating group) is 1. The molecule has 1 N–H and O–H groups in total. The van der Waals surface area contributed by atoms with Crippen LogP contribution in [0.5, 0.6) is 0 Å². The Morgan fingerprint density at radius 3 is 2.38 bits per heavy atom. The van der Waals surface area contributed by atoms with Gasteiger partial charge in [-0.1, -0.05) is 42.3 Å². The molecule has 7 nitrogen and oxygen atoms in total. The average molecular weight is 504 g/mol. The van der Waals surface area contributed by atoms with Crippen LogP contribution in [0.25, 0.3) is 0 Å². The summed E-state index contributed by atoms with van der Waals surface area (Å²) < 4.78 is 39.3. The zero-order valence-electron chi connectivity index (χ0n) is 17.8. The lowest BCUT2D eigenvalue weighted by Gasteiger charge is -2.32. The topological polar surface area (TPSA) is 86.8 Å². The van der Waals surface area contributed by atoms with Crippen molar-refractivity contribution in [2.24, 2.45) is 0 Å². The van der Waals surface area contributed by atoms with Gasteiger partial charge in [-0.05, 0) is 42.3 Å². The van der Waals surface area contributed by atoms with E-state index in [1.165, 1.54) is 36.2 Å². The van der Waals surface area contributed by atoms with Crippen LogP contribution in [0, 0.1) is 5.82 Å². The molecule has 2 aromatic carbocycles. The number of hydrogen-bond donors (Lipinski definition) is 1. The molecule has 0 unspecified atom stereocenters. The van der Waals surface area contributed by atoms with Crippen LogP contribution in [0.2, 0.25) is 10.0 Å². The molecular weight excluding hydrogens is 480 g/mol. The number of carbonyl (C=O) groups is 2. The summed E-state index contributed by atoms with van der Waals surface area (Å²) in [7, 11) is -2.49. The van der Waals surface area contributed by atoms with Crippen molar-refractivity contribution in [3.63, 3.8) is 0 Å². The maximum absolute atomic E-state index is 13.7. The van der Waals surface area contributed by atoms with Gasteiger partial charge in [-0.3, -0.25) is 13.9 Å². The highest BCUT2D eigenvalue weighted by Crippen LogP contribution is 2.25. The van der Waals surface area contributed by atoms with Gasteiger partial charge in [0, 0.05) is 23.6 Å². The zero-order valence-corrected chi connectivity index (χ0v) is 20.1. The molecule has 0 radical (unpaired) electrons. The molecule has 0 saturated heterocycles. The summed E-state index contributed by atoms with van der Waals surface area (Å²) in [4.78, 5) is 27.1. The van der Waals surface area contributed by atoms with Gasteiger partial charge in [-0.2, -0.15) is 0 Å². The van der Waals surface area contributed by atoms with Crippen molar-refractivity contribution < 1.29 is 22.4 Å². The van der Waals surface area contributed by atoms with Gasteiger partial charge in [0.05, 0.1) is 11.9 Å². The minimum atomic E-state index is -3.93. The molecule has 2 amide bonds. The van der Waals surface area contributed by atoms with E-state index in [1.54, 1.807) is 19.1 Å². The minimum absolute atomic E-state index is 0.00156. The molecular formula is C21H24Cl2FN3O4S. The third-order valence-corrected chi connectivity index (χ3v) is 6.49. The van der Waals surface area contributed by atoms with Crippen LogP contribution in [-0.4, -0.2) is 51.0 Å². The van der Waals surface area contributed by atoms with Crippen molar-refractivity contribution in [3.8, 4) is 0 Å². The number of carbonyl (C=O) groups excluding carboxylic acids is 2. The first-order chi connectivity index (χ1) is 15.0. The Balaban J connectivity index is 2.46. The summed E-state index contributed by atoms with van der Waals surface area (Å²) in [5.74, 6) is -1.71. The van der Waals surface area contributed by atoms with Gasteiger partial charge >= 0.3 is 0 Å². The number of nitrogens with zero attached hydrogens (tertiary/aromatic N) is 2. The first-order valence-corrected chi connectivity index (χ1v) is 12.3. The maximum Gasteiger partial charge on any atom is 0.244 e. The Morgan fingerprint density at radius 2 is 1.84 bits per heavy atom. The summed E-state index contributed by atoms with van der Waals surface area (Å²) in [6.45, 7) is 1.05. The fraction of sp³-hybridized carbons (Fsp3) is 0.333. The molecule has 2 aromatic rings. The lowest BCUT2D eigenvalue weighted by molar-refractivity contribution is -0.140. The van der Waals surface area contributed by atoms with E-state index >= 15 is 0 Å². The molecule has 0 bridgehead atoms. The normalized spacial score (nSPS) is 12.2. The molecule has 32 heavy (non-hydrogen) atoms. The predicted molar refractivity (Wildman–Crippen MR) is 124 cm³/mol. The number of rotatable bonds is 9. The second-order valence-corrected chi connectivity index (χ2v) is 9.80. The highest BCUT2D eigenvalue weighted by atomic mass is 35.5. The van der Waals surface area contributed by atoms with Crippen LogP contribution < -0.4 is 9.62 Å². The van der Waals surface area contributed by atoms with E-state index in [-0.39, 0.29) is 18.7 Å². The quantitative estimate of drug-likeness (QED) is 0.567. The SMILES string of the molecule is CC[C@@H](C(=O)NC)N(Cc1ccc(Cl)cc1Cl)C(=O)CN(c1cccc(F)c1)S(C)(=O)=O. The molecule has 11 heteroatoms. The lowest BCUT2D eigenvalue weighted by Crippen LogP contribution is -2.51. The van der Waals surface area contributed by atoms with E-state index in [9.17, 15) is 22.4 Å². The van der Waals surface area contributed by atoms with Crippen molar-refractivity contribution in [2.45, 2.75) is 25.9 Å². The molecule has 0 aromatic heterocycles. The molecule has 0 aliphatic carbocycles. The van der Waals surface area contributed by atoms with Crippen LogP contribution >= 0.6 is 23.2 Å². The molecule has 1 atom stereocenters. The fourth-order valence-electron chi connectivity index (χ4n) is 3.16. The first kappa shape index (κ1) is 25.9. The lowest BCUT2D eigenvalue weighted by atomic mass is 10.1. The molecule has 0 saturated carbocycles. The van der Waals surface area contributed by atoms with E-state index in [2.05, 4.69) is 5.32 Å². The van der Waals surface area contributed by atoms with Gasteiger partial charge in [-0.25, -0.2) is 12.8 Å². The number of anilines is 1. The number of halogens is 3. The Labute approximate surface area is 197 Å². The smallest absolute Gasteiger partial charge is 0.244 e. The molecule has 2 rings (SSSR count). The molecule has 0 aliphatic heterocycles. The Kier molecular flexibility index (Phi) is 8.89. The second-order valence-electron chi connectivity index (χ2n) is 7.05. The third-order valence-electron chi connectivity index (χ3n) is 4.76. The Morgan fingerprint density at radius 1 is 1.16 bits per heavy atom. The summed E-state index contributed by atoms with van der Waals surface area (Å²) >= 11 is 12.2. The average Bonchev–Trinajstić information content (AvgIpc) is 2.72. The zero-order chi connectivity index (χ0) is 24.1. The van der Waals surface area contributed by atoms with Gasteiger partial charge in [-0.15, -0.1) is 0 Å². The van der Waals surface area contributed by atoms with Crippen molar-refractivity contribution in [2.75, 3.05) is 24.2 Å². The number of benzene rings is 2. The van der Waals surface area contributed by atoms with Gasteiger partial charge in [0.2, 0.25) is 21.8 Å². The summed E-state index contributed by atoms with van der Waals surface area (Å²) in [5, 5.41) is 3.22. The standard InChI is InChI=1S/C21H24Cl2FN3O4S/c1-4-19(21(29)25-2)26(12-14-8-9-15(22)10-18(14)23)20(28)13-27(32(3,30)31)17-7-5-6-16(24)11-17/h5-11,19H,4,12-13H2,1-3H3,(H,25,29)/t19-/m0/s1. The Hall–Kier alpha value is -2.36. The fourth-order valence-corrected chi connectivity index (χ4v) is 4.47. The van der Waals surface area contributed by atoms with Gasteiger partial charge in [0.15, 0.2) is 0 Å². The van der Waals surface area contributed by atoms with Gasteiger partial charge in [0.1, 0.15) is 18.4 Å². The number of sulfonamides is 1. The van der Waals surface area contributed by atoms with Gasteiger partial charge < -0.3 is 10.2 Å². The molecule has 174 valence electrons. The van der Waals surface area contributed by atoms with Crippen LogP contribution in [0.15, 0.2) is 42.5 Å². The van der Waals surface area contributed by atoms with Crippen molar-refractivity contribution in [1.29, 1.82) is 0 Å². The van der Waals surface area contributed by atoms with Crippen molar-refractivity contribution in [1.82, 2.24) is 10.2 Å². The van der Waals surface area contributed by atoms with Gasteiger partial charge in [0.25, 0.3) is 0 Å². The summed E-state index contributed by atoms with van der Waals surface area (Å²) in [6, 6.07) is 8.77. The maximum atomic E-state index is 13.7. The predicted octanol–water partition coefficient (Wildman–Crippen LogP) is 3.45. The van der Waals surface area contributed by atoms with E-state index in [0.29, 0.717) is 15.6 Å². The van der Waals surface area contributed by atoms with E-state index in [4.69, 9.17) is 23.2 Å².